The van der Waals surface area contributed by atoms with Crippen molar-refractivity contribution in [3.63, 3.8) is 0 Å². The first-order chi connectivity index (χ1) is 11.1. The molecule has 1 unspecified atom stereocenters. The van der Waals surface area contributed by atoms with Crippen LogP contribution in [-0.4, -0.2) is 36.7 Å². The molecule has 1 aromatic carbocycles. The molecule has 3 N–H and O–H groups in total. The average Bonchev–Trinajstić information content (AvgIpc) is 3.16. The van der Waals surface area contributed by atoms with Gasteiger partial charge in [-0.3, -0.25) is 9.69 Å². The maximum Gasteiger partial charge on any atom is 0.266 e. The molecule has 2 heterocycles. The number of likely N-dealkylation sites (tertiary alicyclic amines) is 1. The first-order valence-electron chi connectivity index (χ1n) is 8.10. The van der Waals surface area contributed by atoms with Crippen molar-refractivity contribution < 1.29 is 9.53 Å². The van der Waals surface area contributed by atoms with Gasteiger partial charge in [-0.15, -0.1) is 23.7 Å². The Bertz CT molecular complexity index is 713. The van der Waals surface area contributed by atoms with E-state index in [4.69, 9.17) is 10.5 Å². The van der Waals surface area contributed by atoms with E-state index in [-0.39, 0.29) is 24.5 Å². The minimum absolute atomic E-state index is 0. The van der Waals surface area contributed by atoms with Gasteiger partial charge in [-0.05, 0) is 44.9 Å². The fourth-order valence-corrected chi connectivity index (χ4v) is 4.04. The van der Waals surface area contributed by atoms with E-state index in [0.29, 0.717) is 22.9 Å². The molecular formula is C17H24ClN3O2S. The maximum atomic E-state index is 12.7. The molecule has 0 bridgehead atoms. The molecule has 7 heteroatoms. The molecule has 132 valence electrons. The Morgan fingerprint density at radius 3 is 2.79 bits per heavy atom. The SMILES string of the molecule is CCOc1c(C(=O)NC(C)N2CCCC2)sc2ccc(N)cc12.Cl. The number of nitrogen functional groups attached to an aromatic ring is 1. The van der Waals surface area contributed by atoms with E-state index in [0.717, 1.165) is 23.2 Å². The number of nitrogens with two attached hydrogens (primary N) is 1. The molecular weight excluding hydrogens is 346 g/mol. The predicted octanol–water partition coefficient (Wildman–Crippen LogP) is 3.48. The summed E-state index contributed by atoms with van der Waals surface area (Å²) in [6.45, 7) is 6.56. The van der Waals surface area contributed by atoms with Gasteiger partial charge in [0.2, 0.25) is 0 Å². The summed E-state index contributed by atoms with van der Waals surface area (Å²) in [6, 6.07) is 5.67. The Hall–Kier alpha value is -1.50. The first kappa shape index (κ1) is 18.8. The largest absolute Gasteiger partial charge is 0.491 e. The van der Waals surface area contributed by atoms with E-state index in [2.05, 4.69) is 10.2 Å². The molecule has 2 aromatic rings. The summed E-state index contributed by atoms with van der Waals surface area (Å²) in [4.78, 5) is 15.6. The van der Waals surface area contributed by atoms with Gasteiger partial charge in [0.1, 0.15) is 4.88 Å². The quantitative estimate of drug-likeness (QED) is 0.792. The first-order valence-corrected chi connectivity index (χ1v) is 8.91. The van der Waals surface area contributed by atoms with Gasteiger partial charge in [-0.1, -0.05) is 0 Å². The zero-order chi connectivity index (χ0) is 16.4. The van der Waals surface area contributed by atoms with Crippen LogP contribution in [0.1, 0.15) is 36.4 Å². The van der Waals surface area contributed by atoms with Crippen LogP contribution < -0.4 is 15.8 Å². The lowest BCUT2D eigenvalue weighted by molar-refractivity contribution is 0.0886. The molecule has 0 saturated carbocycles. The van der Waals surface area contributed by atoms with Crippen LogP contribution in [0.15, 0.2) is 18.2 Å². The van der Waals surface area contributed by atoms with Crippen molar-refractivity contribution in [3.8, 4) is 5.75 Å². The minimum atomic E-state index is -0.0763. The Balaban J connectivity index is 0.00000208. The van der Waals surface area contributed by atoms with Gasteiger partial charge in [0.05, 0.1) is 12.8 Å². The fourth-order valence-electron chi connectivity index (χ4n) is 3.01. The van der Waals surface area contributed by atoms with Gasteiger partial charge >= 0.3 is 0 Å². The zero-order valence-corrected chi connectivity index (χ0v) is 15.6. The number of carbonyl (C=O) groups is 1. The van der Waals surface area contributed by atoms with Crippen molar-refractivity contribution >= 4 is 45.4 Å². The van der Waals surface area contributed by atoms with Gasteiger partial charge in [0, 0.05) is 28.9 Å². The summed E-state index contributed by atoms with van der Waals surface area (Å²) in [5.41, 5.74) is 6.55. The number of halogens is 1. The molecule has 1 aliphatic rings. The molecule has 0 radical (unpaired) electrons. The molecule has 1 atom stereocenters. The highest BCUT2D eigenvalue weighted by Crippen LogP contribution is 2.39. The van der Waals surface area contributed by atoms with E-state index in [1.165, 1.54) is 24.2 Å². The summed E-state index contributed by atoms with van der Waals surface area (Å²) in [7, 11) is 0. The summed E-state index contributed by atoms with van der Waals surface area (Å²) in [6.07, 6.45) is 2.44. The van der Waals surface area contributed by atoms with Crippen LogP contribution in [-0.2, 0) is 0 Å². The summed E-state index contributed by atoms with van der Waals surface area (Å²) >= 11 is 1.45. The van der Waals surface area contributed by atoms with Crippen LogP contribution >= 0.6 is 23.7 Å². The van der Waals surface area contributed by atoms with Gasteiger partial charge < -0.3 is 15.8 Å². The van der Waals surface area contributed by atoms with E-state index in [1.54, 1.807) is 0 Å². The van der Waals surface area contributed by atoms with Crippen molar-refractivity contribution in [2.75, 3.05) is 25.4 Å². The second-order valence-corrected chi connectivity index (χ2v) is 6.89. The molecule has 0 spiro atoms. The lowest BCUT2D eigenvalue weighted by Crippen LogP contribution is -2.44. The highest BCUT2D eigenvalue weighted by Gasteiger charge is 2.24. The minimum Gasteiger partial charge on any atom is -0.491 e. The van der Waals surface area contributed by atoms with Crippen molar-refractivity contribution in [2.24, 2.45) is 0 Å². The molecule has 1 fully saturated rings. The summed E-state index contributed by atoms with van der Waals surface area (Å²) < 4.78 is 6.77. The summed E-state index contributed by atoms with van der Waals surface area (Å²) in [5.74, 6) is 0.568. The summed E-state index contributed by atoms with van der Waals surface area (Å²) in [5, 5.41) is 4.01. The number of thiophene rings is 1. The monoisotopic (exact) mass is 369 g/mol. The van der Waals surface area contributed by atoms with Gasteiger partial charge in [-0.2, -0.15) is 0 Å². The van der Waals surface area contributed by atoms with Gasteiger partial charge in [0.25, 0.3) is 5.91 Å². The molecule has 3 rings (SSSR count). The number of nitrogens with one attached hydrogen (secondary N) is 1. The highest BCUT2D eigenvalue weighted by atomic mass is 35.5. The molecule has 1 aromatic heterocycles. The fraction of sp³-hybridized carbons (Fsp3) is 0.471. The molecule has 5 nitrogen and oxygen atoms in total. The van der Waals surface area contributed by atoms with Crippen LogP contribution in [0.3, 0.4) is 0 Å². The van der Waals surface area contributed by atoms with Crippen LogP contribution in [0, 0.1) is 0 Å². The number of fused-ring (bicyclic) bond motifs is 1. The molecule has 1 saturated heterocycles. The number of hydrogen-bond donors (Lipinski definition) is 2. The van der Waals surface area contributed by atoms with E-state index < -0.39 is 0 Å². The molecule has 1 aliphatic heterocycles. The van der Waals surface area contributed by atoms with Crippen LogP contribution in [0.25, 0.3) is 10.1 Å². The maximum absolute atomic E-state index is 12.7. The zero-order valence-electron chi connectivity index (χ0n) is 14.0. The lowest BCUT2D eigenvalue weighted by atomic mass is 10.2. The predicted molar refractivity (Wildman–Crippen MR) is 102 cm³/mol. The van der Waals surface area contributed by atoms with Gasteiger partial charge in [-0.25, -0.2) is 0 Å². The lowest BCUT2D eigenvalue weighted by Gasteiger charge is -2.24. The number of ether oxygens (including phenoxy) is 1. The molecule has 24 heavy (non-hydrogen) atoms. The van der Waals surface area contributed by atoms with Gasteiger partial charge in [0.15, 0.2) is 5.75 Å². The Labute approximate surface area is 152 Å². The number of anilines is 1. The number of rotatable bonds is 5. The third kappa shape index (κ3) is 3.77. The third-order valence-corrected chi connectivity index (χ3v) is 5.34. The van der Waals surface area contributed by atoms with Crippen LogP contribution in [0.5, 0.6) is 5.75 Å². The number of carbonyl (C=O) groups excluding carboxylic acids is 1. The number of hydrogen-bond acceptors (Lipinski definition) is 5. The Kier molecular flexibility index (Phi) is 6.32. The highest BCUT2D eigenvalue weighted by molar-refractivity contribution is 7.21. The second-order valence-electron chi connectivity index (χ2n) is 5.84. The van der Waals surface area contributed by atoms with Crippen LogP contribution in [0.4, 0.5) is 5.69 Å². The second kappa shape index (κ2) is 8.05. The average molecular weight is 370 g/mol. The van der Waals surface area contributed by atoms with Crippen LogP contribution in [0.2, 0.25) is 0 Å². The number of nitrogens with zero attached hydrogens (tertiary/aromatic N) is 1. The Morgan fingerprint density at radius 1 is 1.42 bits per heavy atom. The van der Waals surface area contributed by atoms with E-state index >= 15 is 0 Å². The number of amides is 1. The molecule has 0 aliphatic carbocycles. The standard InChI is InChI=1S/C17H23N3O2S.ClH/c1-3-22-15-13-10-12(18)6-7-14(13)23-16(15)17(21)19-11(2)20-8-4-5-9-20;/h6-7,10-11H,3-5,8-9,18H2,1-2H3,(H,19,21);1H. The molecule has 1 amide bonds. The number of benzene rings is 1. The van der Waals surface area contributed by atoms with Crippen molar-refractivity contribution in [1.29, 1.82) is 0 Å². The smallest absolute Gasteiger partial charge is 0.266 e. The van der Waals surface area contributed by atoms with Crippen molar-refractivity contribution in [2.45, 2.75) is 32.9 Å². The van der Waals surface area contributed by atoms with Crippen molar-refractivity contribution in [3.05, 3.63) is 23.1 Å². The normalized spacial score (nSPS) is 15.9. The van der Waals surface area contributed by atoms with E-state index in [1.807, 2.05) is 32.0 Å². The topological polar surface area (TPSA) is 67.6 Å². The van der Waals surface area contributed by atoms with Crippen molar-refractivity contribution in [1.82, 2.24) is 10.2 Å². The van der Waals surface area contributed by atoms with E-state index in [9.17, 15) is 4.79 Å². The Morgan fingerprint density at radius 2 is 2.12 bits per heavy atom. The third-order valence-electron chi connectivity index (χ3n) is 4.19.